The van der Waals surface area contributed by atoms with Crippen LogP contribution in [-0.4, -0.2) is 6.18 Å². The normalized spacial score (nSPS) is 11.5. The lowest BCUT2D eigenvalue weighted by Crippen LogP contribution is -2.02. The van der Waals surface area contributed by atoms with E-state index in [1.54, 1.807) is 6.07 Å². The Kier molecular flexibility index (Phi) is 7.09. The van der Waals surface area contributed by atoms with E-state index in [1.807, 2.05) is 24.3 Å². The average Bonchev–Trinajstić information content (AvgIpc) is 2.72. The first-order chi connectivity index (χ1) is 15.2. The number of halogens is 6. The maximum atomic E-state index is 14.5. The van der Waals surface area contributed by atoms with Gasteiger partial charge in [0.1, 0.15) is 17.5 Å². The molecule has 0 spiro atoms. The first-order valence-corrected chi connectivity index (χ1v) is 9.82. The summed E-state index contributed by atoms with van der Waals surface area (Å²) in [7, 11) is 0. The number of rotatable bonds is 5. The van der Waals surface area contributed by atoms with Gasteiger partial charge in [0.15, 0.2) is 0 Å². The number of aryl methyl sites for hydroxylation is 1. The Hall–Kier alpha value is -3.46. The van der Waals surface area contributed by atoms with Crippen LogP contribution in [0.1, 0.15) is 35.6 Å². The van der Waals surface area contributed by atoms with Gasteiger partial charge in [-0.25, -0.2) is 13.2 Å². The van der Waals surface area contributed by atoms with Gasteiger partial charge in [-0.1, -0.05) is 67.8 Å². The molecule has 0 N–H and O–H groups in total. The molecule has 0 nitrogen and oxygen atoms in total. The fraction of sp³-hybridized carbons (Fsp3) is 0.154. The van der Waals surface area contributed by atoms with Crippen LogP contribution in [0.5, 0.6) is 0 Å². The zero-order valence-corrected chi connectivity index (χ0v) is 17.0. The van der Waals surface area contributed by atoms with Crippen LogP contribution in [0.2, 0.25) is 0 Å². The van der Waals surface area contributed by atoms with Crippen LogP contribution < -0.4 is 0 Å². The Balaban J connectivity index is 1.81. The van der Waals surface area contributed by atoms with Crippen molar-refractivity contribution in [2.45, 2.75) is 25.9 Å². The van der Waals surface area contributed by atoms with Crippen molar-refractivity contribution in [1.82, 2.24) is 0 Å². The molecule has 0 bridgehead atoms. The fourth-order valence-electron chi connectivity index (χ4n) is 3.12. The summed E-state index contributed by atoms with van der Waals surface area (Å²) in [5.74, 6) is -0.699. The van der Waals surface area contributed by atoms with Crippen molar-refractivity contribution in [1.29, 1.82) is 0 Å². The Morgan fingerprint density at radius 3 is 1.97 bits per heavy atom. The highest BCUT2D eigenvalue weighted by molar-refractivity contribution is 5.73. The molecule has 0 saturated heterocycles. The van der Waals surface area contributed by atoms with E-state index in [4.69, 9.17) is 0 Å². The second-order valence-electron chi connectivity index (χ2n) is 7.12. The molecule has 0 atom stereocenters. The molecule has 0 amide bonds. The van der Waals surface area contributed by atoms with Gasteiger partial charge in [-0.15, -0.1) is 0 Å². The van der Waals surface area contributed by atoms with Gasteiger partial charge in [0.25, 0.3) is 0 Å². The first-order valence-electron chi connectivity index (χ1n) is 9.82. The molecule has 0 radical (unpaired) electrons. The number of alkyl halides is 3. The van der Waals surface area contributed by atoms with E-state index in [-0.39, 0.29) is 11.1 Å². The van der Waals surface area contributed by atoms with E-state index >= 15 is 0 Å². The molecular weight excluding hydrogens is 426 g/mol. The maximum Gasteiger partial charge on any atom is 0.458 e. The summed E-state index contributed by atoms with van der Waals surface area (Å²) in [6.07, 6.45) is -0.260. The molecule has 0 saturated carbocycles. The van der Waals surface area contributed by atoms with Gasteiger partial charge in [0, 0.05) is 11.5 Å². The van der Waals surface area contributed by atoms with E-state index in [0.29, 0.717) is 5.56 Å². The molecule has 32 heavy (non-hydrogen) atoms. The van der Waals surface area contributed by atoms with Gasteiger partial charge >= 0.3 is 6.18 Å². The molecule has 3 aromatic rings. The molecule has 0 aliphatic rings. The van der Waals surface area contributed by atoms with Gasteiger partial charge < -0.3 is 0 Å². The largest absolute Gasteiger partial charge is 0.458 e. The van der Waals surface area contributed by atoms with Crippen LogP contribution in [0, 0.1) is 29.3 Å². The molecule has 0 unspecified atom stereocenters. The van der Waals surface area contributed by atoms with Crippen molar-refractivity contribution >= 4 is 12.2 Å². The summed E-state index contributed by atoms with van der Waals surface area (Å²) >= 11 is 0. The van der Waals surface area contributed by atoms with Gasteiger partial charge in [0.2, 0.25) is 0 Å². The monoisotopic (exact) mass is 444 g/mol. The Morgan fingerprint density at radius 2 is 1.41 bits per heavy atom. The second kappa shape index (κ2) is 9.78. The van der Waals surface area contributed by atoms with Gasteiger partial charge in [-0.05, 0) is 46.9 Å². The summed E-state index contributed by atoms with van der Waals surface area (Å²) in [6, 6.07) is 14.1. The van der Waals surface area contributed by atoms with Crippen LogP contribution in [0.4, 0.5) is 26.3 Å². The van der Waals surface area contributed by atoms with Crippen molar-refractivity contribution in [3.63, 3.8) is 0 Å². The van der Waals surface area contributed by atoms with E-state index in [9.17, 15) is 26.3 Å². The second-order valence-corrected chi connectivity index (χ2v) is 7.12. The van der Waals surface area contributed by atoms with Crippen LogP contribution in [0.3, 0.4) is 0 Å². The minimum Gasteiger partial charge on any atom is -0.206 e. The number of hydrogen-bond donors (Lipinski definition) is 0. The fourth-order valence-corrected chi connectivity index (χ4v) is 3.12. The standard InChI is InChI=1S/C26H18F6/c1-2-3-17-4-7-19(8-5-17)21-11-10-20(23(27)16-21)9-6-18-14-24(28)22(25(29)15-18)12-13-26(30,31)32/h4-11,14-16H,2-3H2,1H3. The smallest absolute Gasteiger partial charge is 0.206 e. The topological polar surface area (TPSA) is 0 Å². The summed E-state index contributed by atoms with van der Waals surface area (Å²) in [5, 5.41) is 0. The van der Waals surface area contributed by atoms with Crippen molar-refractivity contribution < 1.29 is 26.3 Å². The zero-order chi connectivity index (χ0) is 23.3. The first kappa shape index (κ1) is 23.2. The lowest BCUT2D eigenvalue weighted by molar-refractivity contribution is -0.0696. The molecule has 3 aromatic carbocycles. The van der Waals surface area contributed by atoms with Crippen molar-refractivity contribution in [3.05, 3.63) is 94.3 Å². The third-order valence-corrected chi connectivity index (χ3v) is 4.68. The van der Waals surface area contributed by atoms with Crippen LogP contribution in [-0.2, 0) is 6.42 Å². The average molecular weight is 444 g/mol. The SMILES string of the molecule is CCCc1ccc(-c2ccc(C=Cc3cc(F)c(C#CC(F)(F)F)c(F)c3)c(F)c2)cc1. The quantitative estimate of drug-likeness (QED) is 0.214. The molecule has 0 fully saturated rings. The lowest BCUT2D eigenvalue weighted by Gasteiger charge is -2.06. The minimum absolute atomic E-state index is 0.0209. The molecule has 0 heterocycles. The van der Waals surface area contributed by atoms with Crippen LogP contribution in [0.25, 0.3) is 23.3 Å². The maximum absolute atomic E-state index is 14.5. The summed E-state index contributed by atoms with van der Waals surface area (Å²) < 4.78 is 79.0. The van der Waals surface area contributed by atoms with Gasteiger partial charge in [-0.3, -0.25) is 0 Å². The van der Waals surface area contributed by atoms with E-state index in [0.717, 1.165) is 36.5 Å². The molecule has 164 valence electrons. The van der Waals surface area contributed by atoms with Crippen molar-refractivity contribution in [3.8, 4) is 23.0 Å². The molecular formula is C26H18F6. The molecule has 6 heteroatoms. The Morgan fingerprint density at radius 1 is 0.781 bits per heavy atom. The Bertz CT molecular complexity index is 1170. The minimum atomic E-state index is -4.86. The van der Waals surface area contributed by atoms with E-state index in [1.165, 1.54) is 35.8 Å². The predicted molar refractivity (Wildman–Crippen MR) is 114 cm³/mol. The lowest BCUT2D eigenvalue weighted by atomic mass is 10.0. The van der Waals surface area contributed by atoms with Crippen molar-refractivity contribution in [2.75, 3.05) is 0 Å². The summed E-state index contributed by atoms with van der Waals surface area (Å²) in [4.78, 5) is 0. The number of hydrogen-bond acceptors (Lipinski definition) is 0. The highest BCUT2D eigenvalue weighted by atomic mass is 19.4. The summed E-state index contributed by atoms with van der Waals surface area (Å²) in [5.41, 5.74) is 1.99. The third-order valence-electron chi connectivity index (χ3n) is 4.68. The van der Waals surface area contributed by atoms with Gasteiger partial charge in [-0.2, -0.15) is 13.2 Å². The van der Waals surface area contributed by atoms with Crippen LogP contribution >= 0.6 is 0 Å². The van der Waals surface area contributed by atoms with Crippen molar-refractivity contribution in [2.24, 2.45) is 0 Å². The molecule has 3 rings (SSSR count). The number of benzene rings is 3. The summed E-state index contributed by atoms with van der Waals surface area (Å²) in [6.45, 7) is 2.09. The molecule has 0 aliphatic heterocycles. The van der Waals surface area contributed by atoms with Crippen LogP contribution in [0.15, 0.2) is 54.6 Å². The van der Waals surface area contributed by atoms with E-state index in [2.05, 4.69) is 6.92 Å². The third kappa shape index (κ3) is 6.04. The molecule has 0 aliphatic carbocycles. The van der Waals surface area contributed by atoms with E-state index < -0.39 is 29.2 Å². The highest BCUT2D eigenvalue weighted by Gasteiger charge is 2.23. The molecule has 0 aromatic heterocycles. The highest BCUT2D eigenvalue weighted by Crippen LogP contribution is 2.24. The predicted octanol–water partition coefficient (Wildman–Crippen LogP) is 7.81. The Labute approximate surface area is 182 Å². The zero-order valence-electron chi connectivity index (χ0n) is 17.0. The van der Waals surface area contributed by atoms with Gasteiger partial charge in [0.05, 0.1) is 5.56 Å².